The maximum atomic E-state index is 13.1. The molecular weight excluding hydrogens is 401 g/mol. The number of benzene rings is 1. The summed E-state index contributed by atoms with van der Waals surface area (Å²) < 4.78 is 39.3. The van der Waals surface area contributed by atoms with Crippen LogP contribution in [0.4, 0.5) is 13.2 Å². The van der Waals surface area contributed by atoms with E-state index in [0.717, 1.165) is 11.1 Å². The fourth-order valence-corrected chi connectivity index (χ4v) is 4.54. The minimum Gasteiger partial charge on any atom is -0.322 e. The molecule has 30 heavy (non-hydrogen) atoms. The average Bonchev–Trinajstić information content (AvgIpc) is 3.28. The summed E-state index contributed by atoms with van der Waals surface area (Å²) in [5.74, 6) is -2.99. The van der Waals surface area contributed by atoms with E-state index in [1.807, 2.05) is 6.07 Å². The molecule has 4 rings (SSSR count). The second-order valence-corrected chi connectivity index (χ2v) is 8.04. The number of imide groups is 1. The molecule has 3 aliphatic rings. The number of amides is 3. The minimum atomic E-state index is -4.22. The number of nitrogens with one attached hydrogen (secondary N) is 3. The van der Waals surface area contributed by atoms with Gasteiger partial charge < -0.3 is 15.5 Å². The van der Waals surface area contributed by atoms with Gasteiger partial charge in [-0.3, -0.25) is 19.7 Å². The fourth-order valence-electron chi connectivity index (χ4n) is 4.54. The van der Waals surface area contributed by atoms with Crippen LogP contribution in [0.2, 0.25) is 0 Å². The van der Waals surface area contributed by atoms with E-state index in [2.05, 4.69) is 16.0 Å². The molecule has 2 fully saturated rings. The Bertz CT molecular complexity index is 873. The molecule has 0 aliphatic carbocycles. The zero-order chi connectivity index (χ0) is 21.5. The first-order valence-electron chi connectivity index (χ1n) is 9.99. The fraction of sp³-hybridized carbons (Fsp3) is 0.550. The van der Waals surface area contributed by atoms with Crippen LogP contribution < -0.4 is 16.0 Å². The minimum absolute atomic E-state index is 0.0635. The second kappa shape index (κ2) is 7.99. The number of hydrogen-bond acceptors (Lipinski definition) is 5. The summed E-state index contributed by atoms with van der Waals surface area (Å²) in [6.45, 7) is 1.04. The number of piperidine rings is 1. The molecule has 1 aromatic carbocycles. The maximum absolute atomic E-state index is 13.1. The molecule has 3 atom stereocenters. The van der Waals surface area contributed by atoms with Crippen molar-refractivity contribution < 1.29 is 27.6 Å². The molecule has 0 radical (unpaired) electrons. The van der Waals surface area contributed by atoms with Crippen molar-refractivity contribution in [3.63, 3.8) is 0 Å². The molecule has 0 aromatic heterocycles. The van der Waals surface area contributed by atoms with Crippen LogP contribution in [-0.2, 0) is 22.7 Å². The number of carbonyl (C=O) groups excluding carboxylic acids is 3. The van der Waals surface area contributed by atoms with E-state index < -0.39 is 30.0 Å². The average molecular weight is 424 g/mol. The molecule has 1 unspecified atom stereocenters. The van der Waals surface area contributed by atoms with Crippen LogP contribution in [0.25, 0.3) is 0 Å². The van der Waals surface area contributed by atoms with Gasteiger partial charge in [0.15, 0.2) is 0 Å². The topological polar surface area (TPSA) is 90.5 Å². The van der Waals surface area contributed by atoms with Crippen LogP contribution in [0.1, 0.15) is 34.3 Å². The summed E-state index contributed by atoms with van der Waals surface area (Å²) in [5.41, 5.74) is 2.09. The van der Waals surface area contributed by atoms with Gasteiger partial charge in [0.2, 0.25) is 11.8 Å². The van der Waals surface area contributed by atoms with E-state index in [1.54, 1.807) is 12.1 Å². The van der Waals surface area contributed by atoms with Gasteiger partial charge in [-0.25, -0.2) is 0 Å². The molecule has 3 N–H and O–H groups in total. The Hall–Kier alpha value is -2.46. The standard InChI is InChI=1S/C20H23F3N4O3/c21-20(22,23)15-9-25-8-12(15)7-24-6-11-2-1-3-13-14(11)10-27(19(13)30)16-4-5-17(28)26-18(16)29/h1-3,12,15-16,24-25H,4-10H2,(H,26,28,29)/t12-,15-,16?/m1/s1. The lowest BCUT2D eigenvalue weighted by Crippen LogP contribution is -2.52. The molecule has 7 nitrogen and oxygen atoms in total. The summed E-state index contributed by atoms with van der Waals surface area (Å²) in [7, 11) is 0. The highest BCUT2D eigenvalue weighted by molar-refractivity contribution is 6.05. The van der Waals surface area contributed by atoms with Crippen molar-refractivity contribution in [2.45, 2.75) is 38.1 Å². The van der Waals surface area contributed by atoms with Gasteiger partial charge in [-0.15, -0.1) is 0 Å². The quantitative estimate of drug-likeness (QED) is 0.612. The molecule has 3 heterocycles. The van der Waals surface area contributed by atoms with Crippen molar-refractivity contribution in [1.82, 2.24) is 20.9 Å². The lowest BCUT2D eigenvalue weighted by Gasteiger charge is -2.29. The van der Waals surface area contributed by atoms with E-state index in [0.29, 0.717) is 18.7 Å². The number of fused-ring (bicyclic) bond motifs is 1. The molecule has 0 saturated carbocycles. The lowest BCUT2D eigenvalue weighted by molar-refractivity contribution is -0.178. The smallest absolute Gasteiger partial charge is 0.322 e. The largest absolute Gasteiger partial charge is 0.393 e. The van der Waals surface area contributed by atoms with Gasteiger partial charge in [0.1, 0.15) is 6.04 Å². The Morgan fingerprint density at radius 3 is 2.70 bits per heavy atom. The summed E-state index contributed by atoms with van der Waals surface area (Å²) in [4.78, 5) is 37.8. The molecule has 3 amide bonds. The number of rotatable bonds is 5. The normalized spacial score (nSPS) is 26.8. The first-order chi connectivity index (χ1) is 14.3. The number of nitrogens with zero attached hydrogens (tertiary/aromatic N) is 1. The zero-order valence-electron chi connectivity index (χ0n) is 16.2. The number of carbonyl (C=O) groups is 3. The molecule has 0 spiro atoms. The van der Waals surface area contributed by atoms with Crippen LogP contribution in [-0.4, -0.2) is 54.5 Å². The van der Waals surface area contributed by atoms with Crippen molar-refractivity contribution in [3.8, 4) is 0 Å². The molecule has 2 saturated heterocycles. The van der Waals surface area contributed by atoms with Gasteiger partial charge in [-0.2, -0.15) is 13.2 Å². The number of hydrogen-bond donors (Lipinski definition) is 3. The zero-order valence-corrected chi connectivity index (χ0v) is 16.2. The highest BCUT2D eigenvalue weighted by Gasteiger charge is 2.46. The maximum Gasteiger partial charge on any atom is 0.393 e. The van der Waals surface area contributed by atoms with Gasteiger partial charge in [-0.1, -0.05) is 12.1 Å². The van der Waals surface area contributed by atoms with Crippen molar-refractivity contribution in [2.75, 3.05) is 19.6 Å². The predicted octanol–water partition coefficient (Wildman–Crippen LogP) is 0.935. The number of halogens is 3. The van der Waals surface area contributed by atoms with Crippen LogP contribution in [0.5, 0.6) is 0 Å². The third-order valence-corrected chi connectivity index (χ3v) is 6.16. The summed E-state index contributed by atoms with van der Waals surface area (Å²) in [6.07, 6.45) is -3.76. The Morgan fingerprint density at radius 2 is 1.97 bits per heavy atom. The molecule has 162 valence electrons. The van der Waals surface area contributed by atoms with Crippen molar-refractivity contribution in [1.29, 1.82) is 0 Å². The first kappa shape index (κ1) is 20.8. The summed E-state index contributed by atoms with van der Waals surface area (Å²) in [6, 6.07) is 4.56. The highest BCUT2D eigenvalue weighted by Crippen LogP contribution is 2.34. The van der Waals surface area contributed by atoms with Crippen molar-refractivity contribution >= 4 is 17.7 Å². The predicted molar refractivity (Wildman–Crippen MR) is 100 cm³/mol. The molecule has 10 heteroatoms. The molecule has 0 bridgehead atoms. The lowest BCUT2D eigenvalue weighted by atomic mass is 9.95. The van der Waals surface area contributed by atoms with Gasteiger partial charge in [-0.05, 0) is 36.1 Å². The van der Waals surface area contributed by atoms with E-state index >= 15 is 0 Å². The van der Waals surface area contributed by atoms with E-state index in [9.17, 15) is 27.6 Å². The molecular formula is C20H23F3N4O3. The molecule has 1 aromatic rings. The van der Waals surface area contributed by atoms with Crippen molar-refractivity contribution in [3.05, 3.63) is 34.9 Å². The molecule has 3 aliphatic heterocycles. The van der Waals surface area contributed by atoms with Crippen LogP contribution in [0, 0.1) is 11.8 Å². The monoisotopic (exact) mass is 424 g/mol. The van der Waals surface area contributed by atoms with Crippen LogP contribution >= 0.6 is 0 Å². The second-order valence-electron chi connectivity index (χ2n) is 8.04. The Balaban J connectivity index is 1.42. The third-order valence-electron chi connectivity index (χ3n) is 6.16. The highest BCUT2D eigenvalue weighted by atomic mass is 19.4. The van der Waals surface area contributed by atoms with E-state index in [4.69, 9.17) is 0 Å². The number of alkyl halides is 3. The van der Waals surface area contributed by atoms with Gasteiger partial charge in [0, 0.05) is 38.2 Å². The van der Waals surface area contributed by atoms with E-state index in [1.165, 1.54) is 4.90 Å². The van der Waals surface area contributed by atoms with Gasteiger partial charge in [0.05, 0.1) is 5.92 Å². The summed E-state index contributed by atoms with van der Waals surface area (Å²) >= 11 is 0. The first-order valence-corrected chi connectivity index (χ1v) is 9.99. The van der Waals surface area contributed by atoms with E-state index in [-0.39, 0.29) is 44.3 Å². The van der Waals surface area contributed by atoms with Crippen LogP contribution in [0.15, 0.2) is 18.2 Å². The Morgan fingerprint density at radius 1 is 1.17 bits per heavy atom. The third kappa shape index (κ3) is 3.93. The van der Waals surface area contributed by atoms with Gasteiger partial charge >= 0.3 is 6.18 Å². The SMILES string of the molecule is O=C1CCC(N2Cc3c(CNC[C@@H]4CNC[C@H]4C(F)(F)F)cccc3C2=O)C(=O)N1. The van der Waals surface area contributed by atoms with Crippen molar-refractivity contribution in [2.24, 2.45) is 11.8 Å². The summed E-state index contributed by atoms with van der Waals surface area (Å²) in [5, 5.41) is 8.17. The van der Waals surface area contributed by atoms with Crippen LogP contribution in [0.3, 0.4) is 0 Å². The van der Waals surface area contributed by atoms with Gasteiger partial charge in [0.25, 0.3) is 5.91 Å². The Kier molecular flexibility index (Phi) is 5.54. The Labute approximate surface area is 171 Å².